The second kappa shape index (κ2) is 6.48. The Kier molecular flexibility index (Phi) is 6.44. The van der Waals surface area contributed by atoms with Gasteiger partial charge >= 0.3 is 0 Å². The zero-order valence-electron chi connectivity index (χ0n) is 10.4. The quantitative estimate of drug-likeness (QED) is 0.480. The van der Waals surface area contributed by atoms with E-state index in [4.69, 9.17) is 0 Å². The lowest BCUT2D eigenvalue weighted by molar-refractivity contribution is 0.362. The highest BCUT2D eigenvalue weighted by Crippen LogP contribution is 2.25. The van der Waals surface area contributed by atoms with Crippen molar-refractivity contribution in [1.29, 1.82) is 0 Å². The van der Waals surface area contributed by atoms with Crippen LogP contribution in [0.3, 0.4) is 0 Å². The van der Waals surface area contributed by atoms with Gasteiger partial charge in [0.1, 0.15) is 0 Å². The van der Waals surface area contributed by atoms with Crippen LogP contribution in [-0.4, -0.2) is 20.3 Å². The number of unbranched alkanes of at least 4 members (excludes halogenated alkanes) is 4. The van der Waals surface area contributed by atoms with E-state index in [1.165, 1.54) is 26.4 Å². The fourth-order valence-corrected chi connectivity index (χ4v) is 2.35. The van der Waals surface area contributed by atoms with Crippen LogP contribution in [0.5, 0.6) is 0 Å². The van der Waals surface area contributed by atoms with Crippen LogP contribution in [0, 0.1) is 0 Å². The van der Waals surface area contributed by atoms with Crippen molar-refractivity contribution < 1.29 is 12.6 Å². The van der Waals surface area contributed by atoms with Crippen LogP contribution in [0.2, 0.25) is 0 Å². The Bertz CT molecular complexity index is 255. The molecule has 0 N–H and O–H groups in total. The maximum Gasteiger partial charge on any atom is 0.272 e. The summed E-state index contributed by atoms with van der Waals surface area (Å²) in [5.41, 5.74) is 0. The van der Waals surface area contributed by atoms with Crippen LogP contribution in [-0.2, 0) is 14.3 Å². The molecule has 0 bridgehead atoms. The minimum Gasteiger partial charge on any atom is -0.273 e. The molecule has 3 nitrogen and oxygen atoms in total. The topological polar surface area (TPSA) is 43.4 Å². The smallest absolute Gasteiger partial charge is 0.272 e. The lowest BCUT2D eigenvalue weighted by atomic mass is 10.0. The van der Waals surface area contributed by atoms with E-state index in [9.17, 15) is 8.42 Å². The van der Waals surface area contributed by atoms with Gasteiger partial charge in [0, 0.05) is 0 Å². The monoisotopic (exact) mass is 236 g/mol. The van der Waals surface area contributed by atoms with Gasteiger partial charge in [-0.15, -0.1) is 0 Å². The second-order valence-corrected chi connectivity index (χ2v) is 6.89. The molecule has 4 heteroatoms. The molecule has 0 unspecified atom stereocenters. The summed E-state index contributed by atoms with van der Waals surface area (Å²) in [6.07, 6.45) is 6.37. The minimum absolute atomic E-state index is 0.673. The molecule has 0 aromatic heterocycles. The third kappa shape index (κ3) is 4.98. The highest BCUT2D eigenvalue weighted by atomic mass is 32.2. The van der Waals surface area contributed by atoms with E-state index in [0.29, 0.717) is 6.42 Å². The Morgan fingerprint density at radius 3 is 2.07 bits per heavy atom. The van der Waals surface area contributed by atoms with Crippen LogP contribution in [0.25, 0.3) is 0 Å². The maximum absolute atomic E-state index is 11.5. The molecule has 0 amide bonds. The zero-order valence-corrected chi connectivity index (χ0v) is 11.2. The van der Waals surface area contributed by atoms with Crippen LogP contribution in [0.4, 0.5) is 0 Å². The van der Waals surface area contributed by atoms with Crippen LogP contribution >= 0.6 is 0 Å². The lowest BCUT2D eigenvalue weighted by Gasteiger charge is -2.22. The van der Waals surface area contributed by atoms with Gasteiger partial charge in [0.2, 0.25) is 0 Å². The minimum atomic E-state index is -3.39. The van der Waals surface area contributed by atoms with Crippen molar-refractivity contribution in [2.75, 3.05) is 7.11 Å². The largest absolute Gasteiger partial charge is 0.273 e. The Labute approximate surface area is 94.3 Å². The average Bonchev–Trinajstić information content (AvgIpc) is 2.17. The molecular formula is C11H24O3S. The Hall–Kier alpha value is -0.0900. The van der Waals surface area contributed by atoms with Gasteiger partial charge in [-0.05, 0) is 20.3 Å². The van der Waals surface area contributed by atoms with Crippen molar-refractivity contribution in [3.8, 4) is 0 Å². The number of hydrogen-bond acceptors (Lipinski definition) is 3. The fourth-order valence-electron chi connectivity index (χ4n) is 1.50. The first-order valence-corrected chi connectivity index (χ1v) is 7.08. The van der Waals surface area contributed by atoms with Gasteiger partial charge in [0.25, 0.3) is 10.1 Å². The van der Waals surface area contributed by atoms with E-state index < -0.39 is 14.9 Å². The van der Waals surface area contributed by atoms with Gasteiger partial charge in [0.05, 0.1) is 11.9 Å². The van der Waals surface area contributed by atoms with Gasteiger partial charge in [-0.2, -0.15) is 8.42 Å². The fraction of sp³-hybridized carbons (Fsp3) is 1.00. The third-order valence-electron chi connectivity index (χ3n) is 2.78. The van der Waals surface area contributed by atoms with Crippen molar-refractivity contribution in [1.82, 2.24) is 0 Å². The molecule has 0 spiro atoms. The normalized spacial score (nSPS) is 13.1. The third-order valence-corrected chi connectivity index (χ3v) is 4.78. The predicted octanol–water partition coefficient (Wildman–Crippen LogP) is 3.10. The van der Waals surface area contributed by atoms with Crippen molar-refractivity contribution in [3.63, 3.8) is 0 Å². The molecule has 0 saturated heterocycles. The van der Waals surface area contributed by atoms with E-state index in [2.05, 4.69) is 11.1 Å². The van der Waals surface area contributed by atoms with Crippen molar-refractivity contribution >= 4 is 10.1 Å². The molecule has 0 aromatic carbocycles. The van der Waals surface area contributed by atoms with Gasteiger partial charge in [0.15, 0.2) is 0 Å². The van der Waals surface area contributed by atoms with Gasteiger partial charge in [-0.25, -0.2) is 0 Å². The Morgan fingerprint density at radius 2 is 1.60 bits per heavy atom. The van der Waals surface area contributed by atoms with Gasteiger partial charge < -0.3 is 0 Å². The van der Waals surface area contributed by atoms with Gasteiger partial charge in [-0.1, -0.05) is 39.0 Å². The average molecular weight is 236 g/mol. The molecule has 0 rings (SSSR count). The van der Waals surface area contributed by atoms with E-state index >= 15 is 0 Å². The zero-order chi connectivity index (χ0) is 11.9. The number of rotatable bonds is 8. The van der Waals surface area contributed by atoms with Gasteiger partial charge in [-0.3, -0.25) is 4.18 Å². The summed E-state index contributed by atoms with van der Waals surface area (Å²) in [5, 5.41) is 0. The van der Waals surface area contributed by atoms with E-state index in [0.717, 1.165) is 12.8 Å². The molecule has 0 aliphatic heterocycles. The maximum atomic E-state index is 11.5. The summed E-state index contributed by atoms with van der Waals surface area (Å²) < 4.78 is 26.8. The first-order chi connectivity index (χ1) is 6.87. The molecular weight excluding hydrogens is 212 g/mol. The first-order valence-electron chi connectivity index (χ1n) is 5.67. The molecule has 0 aliphatic carbocycles. The molecule has 0 aromatic rings. The summed E-state index contributed by atoms with van der Waals surface area (Å²) in [4.78, 5) is 0. The summed E-state index contributed by atoms with van der Waals surface area (Å²) in [5.74, 6) is 0. The predicted molar refractivity (Wildman–Crippen MR) is 63.4 cm³/mol. The number of hydrogen-bond donors (Lipinski definition) is 0. The molecule has 0 saturated carbocycles. The Morgan fingerprint density at radius 1 is 1.07 bits per heavy atom. The summed E-state index contributed by atoms with van der Waals surface area (Å²) in [6.45, 7) is 5.62. The van der Waals surface area contributed by atoms with E-state index in [-0.39, 0.29) is 0 Å². The van der Waals surface area contributed by atoms with E-state index in [1.807, 2.05) is 0 Å². The summed E-state index contributed by atoms with van der Waals surface area (Å²) >= 11 is 0. The standard InChI is InChI=1S/C11H24O3S/c1-5-6-7-8-9-10-11(2,3)15(12,13)14-4/h5-10H2,1-4H3. The summed E-state index contributed by atoms with van der Waals surface area (Å²) in [6, 6.07) is 0. The molecule has 0 radical (unpaired) electrons. The molecule has 15 heavy (non-hydrogen) atoms. The lowest BCUT2D eigenvalue weighted by Crippen LogP contribution is -2.32. The van der Waals surface area contributed by atoms with Crippen LogP contribution < -0.4 is 0 Å². The van der Waals surface area contributed by atoms with Crippen molar-refractivity contribution in [2.45, 2.75) is 64.0 Å². The summed E-state index contributed by atoms with van der Waals surface area (Å²) in [7, 11) is -2.16. The molecule has 0 aliphatic rings. The Balaban J connectivity index is 3.95. The molecule has 0 heterocycles. The van der Waals surface area contributed by atoms with Crippen LogP contribution in [0.15, 0.2) is 0 Å². The molecule has 92 valence electrons. The highest BCUT2D eigenvalue weighted by molar-refractivity contribution is 7.88. The highest BCUT2D eigenvalue weighted by Gasteiger charge is 2.33. The van der Waals surface area contributed by atoms with Crippen molar-refractivity contribution in [2.24, 2.45) is 0 Å². The first kappa shape index (κ1) is 14.9. The van der Waals surface area contributed by atoms with E-state index in [1.54, 1.807) is 13.8 Å². The van der Waals surface area contributed by atoms with Crippen molar-refractivity contribution in [3.05, 3.63) is 0 Å². The van der Waals surface area contributed by atoms with Crippen LogP contribution in [0.1, 0.15) is 59.3 Å². The SMILES string of the molecule is CCCCCCCC(C)(C)S(=O)(=O)OC. The second-order valence-electron chi connectivity index (χ2n) is 4.54. The molecule has 0 fully saturated rings. The molecule has 0 atom stereocenters.